The Balaban J connectivity index is 1.10. The molecule has 5 aromatic rings. The summed E-state index contributed by atoms with van der Waals surface area (Å²) >= 11 is 0. The number of piperazine rings is 1. The predicted octanol–water partition coefficient (Wildman–Crippen LogP) is 5.23. The number of carbonyl (C=O) groups is 1. The van der Waals surface area contributed by atoms with Crippen molar-refractivity contribution in [1.29, 1.82) is 0 Å². The van der Waals surface area contributed by atoms with Gasteiger partial charge >= 0.3 is 0 Å². The van der Waals surface area contributed by atoms with E-state index in [0.717, 1.165) is 48.7 Å². The lowest BCUT2D eigenvalue weighted by Crippen LogP contribution is -2.53. The number of aryl methyl sites for hydroxylation is 2. The second kappa shape index (κ2) is 10.8. The number of hydrogen-bond acceptors (Lipinski definition) is 5. The van der Waals surface area contributed by atoms with Crippen LogP contribution in [0.15, 0.2) is 97.5 Å². The zero-order chi connectivity index (χ0) is 27.8. The molecule has 0 saturated carbocycles. The SMILES string of the molecule is CC(Nc1c(-c2ccccc2)nc2cnccn12)C(=O)N1CCN(C2c3ccccc3CCc3ccccc32)CC1. The summed E-state index contributed by atoms with van der Waals surface area (Å²) in [6.07, 6.45) is 7.50. The van der Waals surface area contributed by atoms with E-state index in [9.17, 15) is 4.79 Å². The fraction of sp³-hybridized carbons (Fsp3) is 0.265. The molecule has 1 fully saturated rings. The average molecular weight is 543 g/mol. The van der Waals surface area contributed by atoms with E-state index in [1.165, 1.54) is 22.3 Å². The minimum atomic E-state index is -0.406. The molecular weight excluding hydrogens is 508 g/mol. The van der Waals surface area contributed by atoms with E-state index in [0.29, 0.717) is 13.1 Å². The Morgan fingerprint density at radius 1 is 0.854 bits per heavy atom. The first-order valence-corrected chi connectivity index (χ1v) is 14.5. The highest BCUT2D eigenvalue weighted by atomic mass is 16.2. The molecule has 2 aromatic heterocycles. The Hall–Kier alpha value is -4.49. The minimum Gasteiger partial charge on any atom is -0.358 e. The lowest BCUT2D eigenvalue weighted by atomic mass is 9.92. The number of hydrogen-bond donors (Lipinski definition) is 1. The molecule has 7 rings (SSSR count). The van der Waals surface area contributed by atoms with Crippen LogP contribution in [0, 0.1) is 0 Å². The van der Waals surface area contributed by atoms with E-state index in [1.54, 1.807) is 12.4 Å². The monoisotopic (exact) mass is 542 g/mol. The second-order valence-corrected chi connectivity index (χ2v) is 11.0. The second-order valence-electron chi connectivity index (χ2n) is 11.0. The molecule has 7 heteroatoms. The quantitative estimate of drug-likeness (QED) is 0.330. The van der Waals surface area contributed by atoms with Crippen molar-refractivity contribution in [2.75, 3.05) is 31.5 Å². The fourth-order valence-corrected chi connectivity index (χ4v) is 6.47. The molecular formula is C34H34N6O. The summed E-state index contributed by atoms with van der Waals surface area (Å²) in [5, 5.41) is 3.51. The van der Waals surface area contributed by atoms with Crippen LogP contribution in [-0.4, -0.2) is 62.3 Å². The molecule has 41 heavy (non-hydrogen) atoms. The van der Waals surface area contributed by atoms with Gasteiger partial charge in [-0.25, -0.2) is 4.98 Å². The van der Waals surface area contributed by atoms with Crippen LogP contribution in [0.25, 0.3) is 16.9 Å². The Morgan fingerprint density at radius 2 is 1.49 bits per heavy atom. The first kappa shape index (κ1) is 25.5. The molecule has 0 spiro atoms. The van der Waals surface area contributed by atoms with E-state index in [1.807, 2.05) is 52.8 Å². The highest BCUT2D eigenvalue weighted by molar-refractivity contribution is 5.86. The summed E-state index contributed by atoms with van der Waals surface area (Å²) in [5.41, 5.74) is 8.23. The Bertz CT molecular complexity index is 1640. The Kier molecular flexibility index (Phi) is 6.72. The van der Waals surface area contributed by atoms with Crippen molar-refractivity contribution in [3.05, 3.63) is 120 Å². The lowest BCUT2D eigenvalue weighted by Gasteiger charge is -2.41. The molecule has 3 aromatic carbocycles. The molecule has 3 heterocycles. The van der Waals surface area contributed by atoms with Crippen LogP contribution in [0.3, 0.4) is 0 Å². The topological polar surface area (TPSA) is 65.8 Å². The maximum absolute atomic E-state index is 13.7. The number of carbonyl (C=O) groups excluding carboxylic acids is 1. The molecule has 1 amide bonds. The van der Waals surface area contributed by atoms with Crippen LogP contribution >= 0.6 is 0 Å². The fourth-order valence-electron chi connectivity index (χ4n) is 6.47. The number of nitrogens with one attached hydrogen (secondary N) is 1. The third kappa shape index (κ3) is 4.76. The molecule has 0 bridgehead atoms. The van der Waals surface area contributed by atoms with Crippen molar-refractivity contribution in [2.24, 2.45) is 0 Å². The van der Waals surface area contributed by atoms with Crippen LogP contribution < -0.4 is 5.32 Å². The normalized spacial score (nSPS) is 16.6. The molecule has 2 aliphatic rings. The number of imidazole rings is 1. The standard InChI is InChI=1S/C34H34N6O/c1-24(36-33-31(27-11-3-2-4-12-27)37-30-23-35-17-18-40(30)33)34(41)39-21-19-38(20-22-39)32-28-13-7-5-9-25(28)15-16-26-10-6-8-14-29(26)32/h2-14,17-18,23-24,32,36H,15-16,19-22H2,1H3. The largest absolute Gasteiger partial charge is 0.358 e. The number of nitrogens with zero attached hydrogens (tertiary/aromatic N) is 5. The van der Waals surface area contributed by atoms with Crippen molar-refractivity contribution >= 4 is 17.4 Å². The third-order valence-electron chi connectivity index (χ3n) is 8.56. The van der Waals surface area contributed by atoms with E-state index >= 15 is 0 Å². The van der Waals surface area contributed by atoms with Gasteiger partial charge in [0.05, 0.1) is 12.2 Å². The summed E-state index contributed by atoms with van der Waals surface area (Å²) < 4.78 is 1.97. The van der Waals surface area contributed by atoms with Crippen LogP contribution in [0.1, 0.15) is 35.2 Å². The van der Waals surface area contributed by atoms with E-state index in [-0.39, 0.29) is 11.9 Å². The third-order valence-corrected chi connectivity index (χ3v) is 8.56. The van der Waals surface area contributed by atoms with Gasteiger partial charge in [0.2, 0.25) is 5.91 Å². The molecule has 206 valence electrons. The first-order valence-electron chi connectivity index (χ1n) is 14.5. The highest BCUT2D eigenvalue weighted by Crippen LogP contribution is 2.37. The van der Waals surface area contributed by atoms with Gasteiger partial charge in [-0.15, -0.1) is 0 Å². The van der Waals surface area contributed by atoms with Gasteiger partial charge in [0.15, 0.2) is 5.65 Å². The molecule has 1 aliphatic heterocycles. The van der Waals surface area contributed by atoms with Crippen molar-refractivity contribution in [3.63, 3.8) is 0 Å². The summed E-state index contributed by atoms with van der Waals surface area (Å²) in [4.78, 5) is 27.4. The van der Waals surface area contributed by atoms with Crippen molar-refractivity contribution in [3.8, 4) is 11.3 Å². The molecule has 0 radical (unpaired) electrons. The Labute approximate surface area is 240 Å². The molecule has 1 saturated heterocycles. The molecule has 1 N–H and O–H groups in total. The maximum atomic E-state index is 13.7. The van der Waals surface area contributed by atoms with Gasteiger partial charge in [-0.1, -0.05) is 78.9 Å². The number of fused-ring (bicyclic) bond motifs is 3. The zero-order valence-electron chi connectivity index (χ0n) is 23.3. The van der Waals surface area contributed by atoms with E-state index < -0.39 is 6.04 Å². The highest BCUT2D eigenvalue weighted by Gasteiger charge is 2.33. The maximum Gasteiger partial charge on any atom is 0.244 e. The van der Waals surface area contributed by atoms with E-state index in [4.69, 9.17) is 4.98 Å². The number of anilines is 1. The molecule has 1 unspecified atom stereocenters. The van der Waals surface area contributed by atoms with Gasteiger partial charge in [-0.2, -0.15) is 0 Å². The van der Waals surface area contributed by atoms with Crippen LogP contribution in [-0.2, 0) is 17.6 Å². The Morgan fingerprint density at radius 3 is 2.17 bits per heavy atom. The van der Waals surface area contributed by atoms with Crippen molar-refractivity contribution in [2.45, 2.75) is 31.8 Å². The number of rotatable bonds is 5. The van der Waals surface area contributed by atoms with Gasteiger partial charge in [0.1, 0.15) is 17.6 Å². The van der Waals surface area contributed by atoms with E-state index in [2.05, 4.69) is 63.7 Å². The molecule has 1 atom stereocenters. The number of benzene rings is 3. The van der Waals surface area contributed by atoms with Gasteiger partial charge in [0.25, 0.3) is 0 Å². The first-order chi connectivity index (χ1) is 20.2. The van der Waals surface area contributed by atoms with Gasteiger partial charge < -0.3 is 10.2 Å². The van der Waals surface area contributed by atoms with Gasteiger partial charge in [-0.3, -0.25) is 19.1 Å². The number of aromatic nitrogens is 3. The molecule has 1 aliphatic carbocycles. The summed E-state index contributed by atoms with van der Waals surface area (Å²) in [5.74, 6) is 0.911. The van der Waals surface area contributed by atoms with Crippen LogP contribution in [0.5, 0.6) is 0 Å². The lowest BCUT2D eigenvalue weighted by molar-refractivity contribution is -0.133. The van der Waals surface area contributed by atoms with Crippen LogP contribution in [0.2, 0.25) is 0 Å². The summed E-state index contributed by atoms with van der Waals surface area (Å²) in [6.45, 7) is 5.02. The average Bonchev–Trinajstić information content (AvgIpc) is 3.30. The predicted molar refractivity (Wildman–Crippen MR) is 162 cm³/mol. The van der Waals surface area contributed by atoms with Crippen LogP contribution in [0.4, 0.5) is 5.82 Å². The smallest absolute Gasteiger partial charge is 0.244 e. The number of amides is 1. The molecule has 7 nitrogen and oxygen atoms in total. The summed E-state index contributed by atoms with van der Waals surface area (Å²) in [7, 11) is 0. The summed E-state index contributed by atoms with van der Waals surface area (Å²) in [6, 6.07) is 27.7. The minimum absolute atomic E-state index is 0.106. The van der Waals surface area contributed by atoms with Crippen molar-refractivity contribution in [1.82, 2.24) is 24.2 Å². The van der Waals surface area contributed by atoms with Gasteiger partial charge in [-0.05, 0) is 42.0 Å². The zero-order valence-corrected chi connectivity index (χ0v) is 23.3. The van der Waals surface area contributed by atoms with Gasteiger partial charge in [0, 0.05) is 44.1 Å². The van der Waals surface area contributed by atoms with Crippen molar-refractivity contribution < 1.29 is 4.79 Å².